The Bertz CT molecular complexity index is 1170. The molecule has 156 valence electrons. The number of hydrogen-bond acceptors (Lipinski definition) is 6. The Labute approximate surface area is 177 Å². The second-order valence-electron chi connectivity index (χ2n) is 6.62. The van der Waals surface area contributed by atoms with Gasteiger partial charge in [-0.1, -0.05) is 18.2 Å². The summed E-state index contributed by atoms with van der Waals surface area (Å²) in [5, 5.41) is 8.65. The number of barbiturate groups is 1. The summed E-state index contributed by atoms with van der Waals surface area (Å²) in [6.45, 7) is 1.73. The summed E-state index contributed by atoms with van der Waals surface area (Å²) in [5.74, 6) is -0.112. The number of benzene rings is 2. The molecule has 0 atom stereocenters. The molecule has 1 aliphatic rings. The third-order valence-corrected chi connectivity index (χ3v) is 4.57. The molecule has 0 aliphatic carbocycles. The molecule has 0 radical (unpaired) electrons. The van der Waals surface area contributed by atoms with Gasteiger partial charge in [-0.05, 0) is 49.4 Å². The number of nitrogens with zero attached hydrogens (tertiary/aromatic N) is 2. The van der Waals surface area contributed by atoms with E-state index in [-0.39, 0.29) is 5.57 Å². The van der Waals surface area contributed by atoms with Gasteiger partial charge in [0.1, 0.15) is 17.1 Å². The number of methoxy groups -OCH3 is 1. The number of ether oxygens (including phenoxy) is 2. The van der Waals surface area contributed by atoms with Crippen LogP contribution in [0.25, 0.3) is 11.8 Å². The van der Waals surface area contributed by atoms with Crippen molar-refractivity contribution in [2.75, 3.05) is 7.11 Å². The maximum atomic E-state index is 12.2. The monoisotopic (exact) mass is 418 g/mol. The van der Waals surface area contributed by atoms with Crippen LogP contribution in [-0.4, -0.2) is 34.7 Å². The molecule has 3 aromatic rings. The van der Waals surface area contributed by atoms with Crippen LogP contribution in [0.4, 0.5) is 4.79 Å². The number of hydrogen-bond donors (Lipinski definition) is 2. The number of imide groups is 2. The predicted molar refractivity (Wildman–Crippen MR) is 111 cm³/mol. The summed E-state index contributed by atoms with van der Waals surface area (Å²) in [7, 11) is 1.57. The van der Waals surface area contributed by atoms with E-state index in [9.17, 15) is 14.4 Å². The summed E-state index contributed by atoms with van der Waals surface area (Å²) < 4.78 is 12.9. The van der Waals surface area contributed by atoms with Crippen LogP contribution >= 0.6 is 0 Å². The lowest BCUT2D eigenvalue weighted by Gasteiger charge is -2.14. The quantitative estimate of drug-likeness (QED) is 0.487. The number of para-hydroxylation sites is 1. The standard InChI is InChI=1S/C22H18N4O5/c1-13-17(12-18-19(27)23-22(29)24-20(18)28)21(26(25-13)14-6-4-3-5-7-14)31-16-10-8-15(30-2)9-11-16/h3-12H,1-2H3,(H2,23,24,27,28,29). The minimum Gasteiger partial charge on any atom is -0.497 e. The number of nitrogens with one attached hydrogen (secondary N) is 2. The van der Waals surface area contributed by atoms with Gasteiger partial charge in [0, 0.05) is 0 Å². The molecule has 4 amide bonds. The molecule has 1 aliphatic heterocycles. The van der Waals surface area contributed by atoms with Crippen molar-refractivity contribution < 1.29 is 23.9 Å². The van der Waals surface area contributed by atoms with Crippen LogP contribution in [0.3, 0.4) is 0 Å². The lowest BCUT2D eigenvalue weighted by atomic mass is 10.1. The number of rotatable bonds is 5. The maximum absolute atomic E-state index is 12.2. The van der Waals surface area contributed by atoms with Gasteiger partial charge >= 0.3 is 6.03 Å². The van der Waals surface area contributed by atoms with Crippen LogP contribution in [-0.2, 0) is 9.59 Å². The Morgan fingerprint density at radius 2 is 1.52 bits per heavy atom. The Morgan fingerprint density at radius 1 is 0.903 bits per heavy atom. The molecule has 2 heterocycles. The summed E-state index contributed by atoms with van der Waals surface area (Å²) in [4.78, 5) is 35.8. The van der Waals surface area contributed by atoms with Gasteiger partial charge in [-0.2, -0.15) is 9.78 Å². The van der Waals surface area contributed by atoms with E-state index in [0.717, 1.165) is 5.69 Å². The van der Waals surface area contributed by atoms with Crippen molar-refractivity contribution in [3.63, 3.8) is 0 Å². The van der Waals surface area contributed by atoms with Crippen LogP contribution in [0.15, 0.2) is 60.2 Å². The molecule has 0 saturated carbocycles. The van der Waals surface area contributed by atoms with E-state index in [2.05, 4.69) is 15.7 Å². The molecule has 0 bridgehead atoms. The van der Waals surface area contributed by atoms with E-state index in [1.165, 1.54) is 6.08 Å². The molecule has 2 aromatic carbocycles. The molecule has 2 N–H and O–H groups in total. The molecular formula is C22H18N4O5. The van der Waals surface area contributed by atoms with E-state index in [1.54, 1.807) is 43.0 Å². The molecule has 9 nitrogen and oxygen atoms in total. The molecule has 31 heavy (non-hydrogen) atoms. The number of aromatic nitrogens is 2. The van der Waals surface area contributed by atoms with Crippen LogP contribution in [0, 0.1) is 6.92 Å². The molecule has 9 heteroatoms. The summed E-state index contributed by atoms with van der Waals surface area (Å²) in [5.41, 5.74) is 1.45. The fraction of sp³-hybridized carbons (Fsp3) is 0.0909. The molecule has 4 rings (SSSR count). The number of urea groups is 1. The highest BCUT2D eigenvalue weighted by Crippen LogP contribution is 2.33. The minimum atomic E-state index is -0.862. The first-order chi connectivity index (χ1) is 15.0. The van der Waals surface area contributed by atoms with E-state index in [4.69, 9.17) is 9.47 Å². The van der Waals surface area contributed by atoms with Crippen LogP contribution in [0.1, 0.15) is 11.3 Å². The van der Waals surface area contributed by atoms with E-state index in [0.29, 0.717) is 28.6 Å². The highest BCUT2D eigenvalue weighted by Gasteiger charge is 2.29. The summed E-state index contributed by atoms with van der Waals surface area (Å²) >= 11 is 0. The maximum Gasteiger partial charge on any atom is 0.328 e. The van der Waals surface area contributed by atoms with Gasteiger partial charge in [-0.25, -0.2) is 4.79 Å². The Kier molecular flexibility index (Phi) is 5.23. The van der Waals surface area contributed by atoms with Gasteiger partial charge < -0.3 is 9.47 Å². The van der Waals surface area contributed by atoms with Crippen molar-refractivity contribution in [3.05, 3.63) is 71.4 Å². The van der Waals surface area contributed by atoms with E-state index in [1.807, 2.05) is 30.3 Å². The first kappa shape index (κ1) is 19.9. The van der Waals surface area contributed by atoms with E-state index >= 15 is 0 Å². The van der Waals surface area contributed by atoms with Crippen molar-refractivity contribution in [2.24, 2.45) is 0 Å². The predicted octanol–water partition coefficient (Wildman–Crippen LogP) is 2.73. The van der Waals surface area contributed by atoms with Gasteiger partial charge in [0.15, 0.2) is 0 Å². The summed E-state index contributed by atoms with van der Waals surface area (Å²) in [6.07, 6.45) is 1.36. The first-order valence-electron chi connectivity index (χ1n) is 9.31. The smallest absolute Gasteiger partial charge is 0.328 e. The third-order valence-electron chi connectivity index (χ3n) is 4.57. The molecule has 1 aromatic heterocycles. The zero-order valence-corrected chi connectivity index (χ0v) is 16.7. The van der Waals surface area contributed by atoms with E-state index < -0.39 is 17.8 Å². The third kappa shape index (κ3) is 4.01. The van der Waals surface area contributed by atoms with Gasteiger partial charge in [-0.3, -0.25) is 20.2 Å². The fourth-order valence-electron chi connectivity index (χ4n) is 3.03. The topological polar surface area (TPSA) is 112 Å². The van der Waals surface area contributed by atoms with Gasteiger partial charge in [0.2, 0.25) is 5.88 Å². The zero-order chi connectivity index (χ0) is 22.0. The molecule has 1 fully saturated rings. The highest BCUT2D eigenvalue weighted by atomic mass is 16.5. The number of aryl methyl sites for hydroxylation is 1. The van der Waals surface area contributed by atoms with Gasteiger partial charge in [0.05, 0.1) is 24.1 Å². The molecule has 0 spiro atoms. The minimum absolute atomic E-state index is 0.227. The van der Waals surface area contributed by atoms with Crippen molar-refractivity contribution in [3.8, 4) is 23.1 Å². The van der Waals surface area contributed by atoms with Gasteiger partial charge in [-0.15, -0.1) is 0 Å². The number of carbonyl (C=O) groups is 3. The second kappa shape index (κ2) is 8.15. The fourth-order valence-corrected chi connectivity index (χ4v) is 3.03. The van der Waals surface area contributed by atoms with Crippen LogP contribution < -0.4 is 20.1 Å². The van der Waals surface area contributed by atoms with Crippen LogP contribution in [0.2, 0.25) is 0 Å². The van der Waals surface area contributed by atoms with Crippen molar-refractivity contribution in [1.29, 1.82) is 0 Å². The van der Waals surface area contributed by atoms with Crippen molar-refractivity contribution in [1.82, 2.24) is 20.4 Å². The normalized spacial score (nSPS) is 13.5. The van der Waals surface area contributed by atoms with Gasteiger partial charge in [0.25, 0.3) is 11.8 Å². The zero-order valence-electron chi connectivity index (χ0n) is 16.7. The Balaban J connectivity index is 1.83. The molecular weight excluding hydrogens is 400 g/mol. The number of carbonyl (C=O) groups excluding carboxylic acids is 3. The molecule has 1 saturated heterocycles. The Hall–Kier alpha value is -4.40. The SMILES string of the molecule is COc1ccc(Oc2c(C=C3C(=O)NC(=O)NC3=O)c(C)nn2-c2ccccc2)cc1. The number of amides is 4. The van der Waals surface area contributed by atoms with Crippen molar-refractivity contribution in [2.45, 2.75) is 6.92 Å². The lowest BCUT2D eigenvalue weighted by molar-refractivity contribution is -0.123. The van der Waals surface area contributed by atoms with Crippen molar-refractivity contribution >= 4 is 23.9 Å². The summed E-state index contributed by atoms with van der Waals surface area (Å²) in [6, 6.07) is 15.4. The highest BCUT2D eigenvalue weighted by molar-refractivity contribution is 6.31. The average molecular weight is 418 g/mol. The largest absolute Gasteiger partial charge is 0.497 e. The average Bonchev–Trinajstić information content (AvgIpc) is 3.07. The lowest BCUT2D eigenvalue weighted by Crippen LogP contribution is -2.51. The molecule has 0 unspecified atom stereocenters. The van der Waals surface area contributed by atoms with Crippen LogP contribution in [0.5, 0.6) is 17.4 Å². The first-order valence-corrected chi connectivity index (χ1v) is 9.31. The second-order valence-corrected chi connectivity index (χ2v) is 6.62. The Morgan fingerprint density at radius 3 is 2.13 bits per heavy atom.